The number of halogens is 1. The Labute approximate surface area is 218 Å². The molecule has 4 aromatic rings. The molecule has 1 unspecified atom stereocenters. The molecule has 5 rings (SSSR count). The Hall–Kier alpha value is -3.72. The number of hydrogen-bond donors (Lipinski definition) is 0. The van der Waals surface area contributed by atoms with Crippen molar-refractivity contribution in [3.05, 3.63) is 88.9 Å². The van der Waals surface area contributed by atoms with E-state index in [-0.39, 0.29) is 23.9 Å². The molecule has 0 aliphatic carbocycles. The lowest BCUT2D eigenvalue weighted by atomic mass is 9.96. The number of sulfonamides is 1. The Morgan fingerprint density at radius 1 is 1.03 bits per heavy atom. The molecule has 1 fully saturated rings. The highest BCUT2D eigenvalue weighted by Gasteiger charge is 2.30. The molecule has 11 heteroatoms. The van der Waals surface area contributed by atoms with E-state index in [0.717, 1.165) is 34.0 Å². The van der Waals surface area contributed by atoms with Gasteiger partial charge in [-0.15, -0.1) is 11.3 Å². The summed E-state index contributed by atoms with van der Waals surface area (Å²) in [7, 11) is -3.72. The second kappa shape index (κ2) is 10.3. The minimum absolute atomic E-state index is 0.0543. The van der Waals surface area contributed by atoms with Crippen molar-refractivity contribution >= 4 is 27.3 Å². The van der Waals surface area contributed by atoms with Crippen LogP contribution in [0, 0.1) is 17.1 Å². The van der Waals surface area contributed by atoms with E-state index in [9.17, 15) is 12.8 Å². The predicted octanol–water partition coefficient (Wildman–Crippen LogP) is 4.27. The quantitative estimate of drug-likeness (QED) is 0.364. The zero-order valence-corrected chi connectivity index (χ0v) is 21.6. The van der Waals surface area contributed by atoms with Gasteiger partial charge in [0.05, 0.1) is 38.3 Å². The molecule has 3 heterocycles. The molecule has 2 aromatic carbocycles. The summed E-state index contributed by atoms with van der Waals surface area (Å²) in [5.74, 6) is -0.00527. The lowest BCUT2D eigenvalue weighted by Gasteiger charge is -2.34. The van der Waals surface area contributed by atoms with E-state index in [1.54, 1.807) is 23.8 Å². The molecule has 188 valence electrons. The van der Waals surface area contributed by atoms with E-state index < -0.39 is 15.8 Å². The van der Waals surface area contributed by atoms with Gasteiger partial charge < -0.3 is 4.90 Å². The molecular weight excluding hydrogens is 511 g/mol. The van der Waals surface area contributed by atoms with Gasteiger partial charge >= 0.3 is 0 Å². The summed E-state index contributed by atoms with van der Waals surface area (Å²) in [4.78, 5) is 16.8. The Morgan fingerprint density at radius 3 is 2.35 bits per heavy atom. The molecule has 0 radical (unpaired) electrons. The van der Waals surface area contributed by atoms with Gasteiger partial charge in [0.15, 0.2) is 0 Å². The van der Waals surface area contributed by atoms with Crippen molar-refractivity contribution in [2.24, 2.45) is 0 Å². The highest BCUT2D eigenvalue weighted by atomic mass is 32.2. The Kier molecular flexibility index (Phi) is 6.97. The highest BCUT2D eigenvalue weighted by Crippen LogP contribution is 2.30. The summed E-state index contributed by atoms with van der Waals surface area (Å²) in [6.45, 7) is 3.40. The standard InChI is InChI=1S/C26H23FN6O2S2/c1-18(20-4-2-19(15-28)3-5-20)23-14-24(25-16-29-17-36-25)31-26(30-23)32-10-12-33(13-11-32)37(34,35)22-8-6-21(27)7-9-22/h2-9,14,16-18H,10-13H2,1H3. The monoisotopic (exact) mass is 534 g/mol. The highest BCUT2D eigenvalue weighted by molar-refractivity contribution is 7.89. The van der Waals surface area contributed by atoms with Gasteiger partial charge in [0.25, 0.3) is 0 Å². The summed E-state index contributed by atoms with van der Waals surface area (Å²) >= 11 is 1.48. The molecule has 2 aromatic heterocycles. The molecule has 1 atom stereocenters. The summed E-state index contributed by atoms with van der Waals surface area (Å²) in [5, 5.41) is 9.11. The van der Waals surface area contributed by atoms with Crippen LogP contribution in [-0.2, 0) is 10.0 Å². The Balaban J connectivity index is 1.41. The fraction of sp³-hybridized carbons (Fsp3) is 0.231. The fourth-order valence-electron chi connectivity index (χ4n) is 4.19. The maximum atomic E-state index is 13.3. The number of piperazine rings is 1. The number of nitrogens with zero attached hydrogens (tertiary/aromatic N) is 6. The van der Waals surface area contributed by atoms with Gasteiger partial charge in [-0.3, -0.25) is 4.98 Å². The molecule has 37 heavy (non-hydrogen) atoms. The van der Waals surface area contributed by atoms with Crippen LogP contribution in [0.3, 0.4) is 0 Å². The third kappa shape index (κ3) is 5.22. The van der Waals surface area contributed by atoms with Crippen LogP contribution < -0.4 is 4.90 Å². The number of thiazole rings is 1. The molecule has 0 bridgehead atoms. The van der Waals surface area contributed by atoms with Crippen LogP contribution in [0.25, 0.3) is 10.6 Å². The van der Waals surface area contributed by atoms with Crippen LogP contribution >= 0.6 is 11.3 Å². The minimum atomic E-state index is -3.72. The van der Waals surface area contributed by atoms with Crippen LogP contribution in [-0.4, -0.2) is 53.9 Å². The van der Waals surface area contributed by atoms with E-state index in [1.165, 1.54) is 27.8 Å². The van der Waals surface area contributed by atoms with Crippen LogP contribution in [0.15, 0.2) is 71.2 Å². The normalized spacial score (nSPS) is 15.3. The van der Waals surface area contributed by atoms with Crippen molar-refractivity contribution in [2.45, 2.75) is 17.7 Å². The van der Waals surface area contributed by atoms with E-state index in [1.807, 2.05) is 23.1 Å². The molecule has 0 saturated carbocycles. The lowest BCUT2D eigenvalue weighted by Crippen LogP contribution is -2.49. The molecule has 0 spiro atoms. The zero-order chi connectivity index (χ0) is 26.0. The molecule has 1 aliphatic rings. The number of nitriles is 1. The van der Waals surface area contributed by atoms with E-state index in [0.29, 0.717) is 24.6 Å². The van der Waals surface area contributed by atoms with Crippen molar-refractivity contribution in [3.63, 3.8) is 0 Å². The van der Waals surface area contributed by atoms with E-state index >= 15 is 0 Å². The molecule has 0 amide bonds. The van der Waals surface area contributed by atoms with Gasteiger partial charge in [0.2, 0.25) is 16.0 Å². The van der Waals surface area contributed by atoms with Crippen LogP contribution in [0.4, 0.5) is 10.3 Å². The fourth-order valence-corrected chi connectivity index (χ4v) is 6.19. The minimum Gasteiger partial charge on any atom is -0.338 e. The van der Waals surface area contributed by atoms with Crippen molar-refractivity contribution in [2.75, 3.05) is 31.1 Å². The van der Waals surface area contributed by atoms with Crippen LogP contribution in [0.1, 0.15) is 29.7 Å². The molecule has 0 N–H and O–H groups in total. The molecule has 1 aliphatic heterocycles. The zero-order valence-electron chi connectivity index (χ0n) is 20.0. The second-order valence-corrected chi connectivity index (χ2v) is 11.5. The van der Waals surface area contributed by atoms with Gasteiger partial charge in [0.1, 0.15) is 5.82 Å². The van der Waals surface area contributed by atoms with Crippen molar-refractivity contribution < 1.29 is 12.8 Å². The van der Waals surface area contributed by atoms with Gasteiger partial charge in [-0.1, -0.05) is 19.1 Å². The van der Waals surface area contributed by atoms with Gasteiger partial charge in [-0.25, -0.2) is 22.8 Å². The number of hydrogen-bond acceptors (Lipinski definition) is 8. The maximum absolute atomic E-state index is 13.3. The first kappa shape index (κ1) is 25.0. The number of anilines is 1. The summed E-state index contributed by atoms with van der Waals surface area (Å²) in [6.07, 6.45) is 1.76. The van der Waals surface area contributed by atoms with Crippen molar-refractivity contribution in [3.8, 4) is 16.6 Å². The first-order chi connectivity index (χ1) is 17.8. The van der Waals surface area contributed by atoms with Crippen LogP contribution in [0.5, 0.6) is 0 Å². The summed E-state index contributed by atoms with van der Waals surface area (Å²) in [6, 6.07) is 16.4. The molecular formula is C26H23FN6O2S2. The smallest absolute Gasteiger partial charge is 0.243 e. The van der Waals surface area contributed by atoms with E-state index in [2.05, 4.69) is 18.0 Å². The third-order valence-electron chi connectivity index (χ3n) is 6.38. The van der Waals surface area contributed by atoms with Gasteiger partial charge in [0, 0.05) is 38.3 Å². The second-order valence-electron chi connectivity index (χ2n) is 8.64. The van der Waals surface area contributed by atoms with Gasteiger partial charge in [-0.05, 0) is 48.0 Å². The summed E-state index contributed by atoms with van der Waals surface area (Å²) in [5.41, 5.74) is 4.94. The SMILES string of the molecule is CC(c1ccc(C#N)cc1)c1cc(-c2cncs2)nc(N2CCN(S(=O)(=O)c3ccc(F)cc3)CC2)n1. The number of aromatic nitrogens is 3. The largest absolute Gasteiger partial charge is 0.338 e. The average Bonchev–Trinajstić information content (AvgIpc) is 3.48. The van der Waals surface area contributed by atoms with Crippen molar-refractivity contribution in [1.82, 2.24) is 19.3 Å². The topological polar surface area (TPSA) is 103 Å². The number of rotatable bonds is 6. The Bertz CT molecular complexity index is 1530. The Morgan fingerprint density at radius 2 is 1.73 bits per heavy atom. The van der Waals surface area contributed by atoms with Crippen LogP contribution in [0.2, 0.25) is 0 Å². The first-order valence-electron chi connectivity index (χ1n) is 11.6. The third-order valence-corrected chi connectivity index (χ3v) is 9.08. The van der Waals surface area contributed by atoms with E-state index in [4.69, 9.17) is 15.2 Å². The van der Waals surface area contributed by atoms with Gasteiger partial charge in [-0.2, -0.15) is 9.57 Å². The lowest BCUT2D eigenvalue weighted by molar-refractivity contribution is 0.382. The predicted molar refractivity (Wildman–Crippen MR) is 139 cm³/mol. The maximum Gasteiger partial charge on any atom is 0.243 e. The average molecular weight is 535 g/mol. The summed E-state index contributed by atoms with van der Waals surface area (Å²) < 4.78 is 40.7. The number of benzene rings is 2. The first-order valence-corrected chi connectivity index (χ1v) is 14.0. The molecule has 8 nitrogen and oxygen atoms in total. The van der Waals surface area contributed by atoms with Crippen molar-refractivity contribution in [1.29, 1.82) is 5.26 Å². The molecule has 1 saturated heterocycles.